The first kappa shape index (κ1) is 16.1. The van der Waals surface area contributed by atoms with E-state index in [-0.39, 0.29) is 5.97 Å². The molecule has 5 heteroatoms. The Morgan fingerprint density at radius 1 is 1.32 bits per heavy atom. The molecule has 2 aromatic carbocycles. The number of esters is 1. The largest absolute Gasteiger partial charge is 0.463 e. The van der Waals surface area contributed by atoms with Gasteiger partial charge in [0.05, 0.1) is 18.0 Å². The molecule has 0 fully saturated rings. The van der Waals surface area contributed by atoms with Crippen LogP contribution in [0.25, 0.3) is 6.08 Å². The topological polar surface area (TPSA) is 64.3 Å². The SMILES string of the molecule is CCOC(=O)C=Cc1cccc(Nc2cc(Br)ccc2N)c1. The van der Waals surface area contributed by atoms with Gasteiger partial charge in [0.1, 0.15) is 0 Å². The highest BCUT2D eigenvalue weighted by Crippen LogP contribution is 2.27. The zero-order valence-corrected chi connectivity index (χ0v) is 13.8. The highest BCUT2D eigenvalue weighted by atomic mass is 79.9. The van der Waals surface area contributed by atoms with E-state index in [0.717, 1.165) is 21.4 Å². The number of rotatable bonds is 5. The van der Waals surface area contributed by atoms with E-state index in [1.54, 1.807) is 13.0 Å². The van der Waals surface area contributed by atoms with Crippen LogP contribution in [0.4, 0.5) is 17.1 Å². The molecule has 0 aliphatic heterocycles. The number of hydrogen-bond acceptors (Lipinski definition) is 4. The van der Waals surface area contributed by atoms with Crippen LogP contribution >= 0.6 is 15.9 Å². The first-order chi connectivity index (χ1) is 10.6. The normalized spacial score (nSPS) is 10.6. The van der Waals surface area contributed by atoms with Crippen LogP contribution in [0.1, 0.15) is 12.5 Å². The maximum Gasteiger partial charge on any atom is 0.330 e. The zero-order valence-electron chi connectivity index (χ0n) is 12.2. The first-order valence-corrected chi connectivity index (χ1v) is 7.64. The Labute approximate surface area is 138 Å². The Bertz CT molecular complexity index is 699. The van der Waals surface area contributed by atoms with Gasteiger partial charge in [-0.3, -0.25) is 0 Å². The number of hydrogen-bond donors (Lipinski definition) is 2. The average Bonchev–Trinajstić information content (AvgIpc) is 2.50. The molecule has 0 saturated heterocycles. The van der Waals surface area contributed by atoms with Crippen LogP contribution in [-0.4, -0.2) is 12.6 Å². The molecule has 114 valence electrons. The number of benzene rings is 2. The van der Waals surface area contributed by atoms with E-state index < -0.39 is 0 Å². The molecule has 0 aromatic heterocycles. The number of nitrogen functional groups attached to an aromatic ring is 1. The number of ether oxygens (including phenoxy) is 1. The number of carbonyl (C=O) groups is 1. The van der Waals surface area contributed by atoms with Crippen LogP contribution in [-0.2, 0) is 9.53 Å². The predicted molar refractivity (Wildman–Crippen MR) is 93.9 cm³/mol. The van der Waals surface area contributed by atoms with Gasteiger partial charge in [0, 0.05) is 16.2 Å². The van der Waals surface area contributed by atoms with Crippen LogP contribution < -0.4 is 11.1 Å². The summed E-state index contributed by atoms with van der Waals surface area (Å²) in [6.45, 7) is 2.14. The van der Waals surface area contributed by atoms with Crippen molar-refractivity contribution in [2.75, 3.05) is 17.7 Å². The fraction of sp³-hybridized carbons (Fsp3) is 0.118. The van der Waals surface area contributed by atoms with Crippen molar-refractivity contribution in [2.24, 2.45) is 0 Å². The predicted octanol–water partition coefficient (Wildman–Crippen LogP) is 4.35. The van der Waals surface area contributed by atoms with Crippen molar-refractivity contribution in [3.05, 3.63) is 58.6 Å². The van der Waals surface area contributed by atoms with Gasteiger partial charge in [-0.25, -0.2) is 4.79 Å². The minimum Gasteiger partial charge on any atom is -0.463 e. The molecule has 2 rings (SSSR count). The summed E-state index contributed by atoms with van der Waals surface area (Å²) in [6.07, 6.45) is 3.13. The van der Waals surface area contributed by atoms with Gasteiger partial charge in [-0.2, -0.15) is 0 Å². The van der Waals surface area contributed by atoms with Gasteiger partial charge in [-0.15, -0.1) is 0 Å². The Morgan fingerprint density at radius 3 is 2.91 bits per heavy atom. The molecule has 0 saturated carbocycles. The summed E-state index contributed by atoms with van der Waals surface area (Å²) in [5.74, 6) is -0.350. The van der Waals surface area contributed by atoms with Gasteiger partial charge in [0.2, 0.25) is 0 Å². The molecule has 22 heavy (non-hydrogen) atoms. The van der Waals surface area contributed by atoms with E-state index >= 15 is 0 Å². The molecule has 0 atom stereocenters. The maximum atomic E-state index is 11.3. The van der Waals surface area contributed by atoms with Gasteiger partial charge < -0.3 is 15.8 Å². The van der Waals surface area contributed by atoms with E-state index in [4.69, 9.17) is 10.5 Å². The molecule has 0 spiro atoms. The van der Waals surface area contributed by atoms with E-state index in [2.05, 4.69) is 21.2 Å². The minimum absolute atomic E-state index is 0.350. The van der Waals surface area contributed by atoms with Crippen molar-refractivity contribution in [3.8, 4) is 0 Å². The molecule has 0 radical (unpaired) electrons. The van der Waals surface area contributed by atoms with Gasteiger partial charge in [0.15, 0.2) is 0 Å². The number of nitrogens with one attached hydrogen (secondary N) is 1. The standard InChI is InChI=1S/C17H17BrN2O2/c1-2-22-17(21)9-6-12-4-3-5-14(10-12)20-16-11-13(18)7-8-15(16)19/h3-11,20H,2,19H2,1H3. The Balaban J connectivity index is 2.15. The second-order valence-electron chi connectivity index (χ2n) is 4.57. The molecule has 0 amide bonds. The van der Waals surface area contributed by atoms with Gasteiger partial charge in [-0.05, 0) is 48.9 Å². The average molecular weight is 361 g/mol. The van der Waals surface area contributed by atoms with E-state index in [9.17, 15) is 4.79 Å². The summed E-state index contributed by atoms with van der Waals surface area (Å²) < 4.78 is 5.80. The third kappa shape index (κ3) is 4.63. The highest BCUT2D eigenvalue weighted by Gasteiger charge is 2.01. The van der Waals surface area contributed by atoms with E-state index in [1.165, 1.54) is 6.08 Å². The Hall–Kier alpha value is -2.27. The number of nitrogens with two attached hydrogens (primary N) is 1. The fourth-order valence-electron chi connectivity index (χ4n) is 1.87. The summed E-state index contributed by atoms with van der Waals surface area (Å²) in [7, 11) is 0. The lowest BCUT2D eigenvalue weighted by atomic mass is 10.1. The van der Waals surface area contributed by atoms with Crippen molar-refractivity contribution in [1.29, 1.82) is 0 Å². The number of halogens is 1. The van der Waals surface area contributed by atoms with Crippen LogP contribution in [0.3, 0.4) is 0 Å². The van der Waals surface area contributed by atoms with Crippen LogP contribution in [0.5, 0.6) is 0 Å². The summed E-state index contributed by atoms with van der Waals surface area (Å²) in [4.78, 5) is 11.3. The van der Waals surface area contributed by atoms with Crippen LogP contribution in [0, 0.1) is 0 Å². The molecule has 0 aliphatic rings. The molecule has 2 aromatic rings. The maximum absolute atomic E-state index is 11.3. The monoisotopic (exact) mass is 360 g/mol. The zero-order chi connectivity index (χ0) is 15.9. The lowest BCUT2D eigenvalue weighted by molar-refractivity contribution is -0.137. The van der Waals surface area contributed by atoms with Crippen molar-refractivity contribution in [1.82, 2.24) is 0 Å². The third-order valence-electron chi connectivity index (χ3n) is 2.88. The summed E-state index contributed by atoms with van der Waals surface area (Å²) >= 11 is 3.42. The smallest absolute Gasteiger partial charge is 0.330 e. The highest BCUT2D eigenvalue weighted by molar-refractivity contribution is 9.10. The van der Waals surface area contributed by atoms with Gasteiger partial charge in [-0.1, -0.05) is 28.1 Å². The molecular formula is C17H17BrN2O2. The summed E-state index contributed by atoms with van der Waals surface area (Å²) in [5, 5.41) is 3.26. The lowest BCUT2D eigenvalue weighted by Crippen LogP contribution is -1.98. The van der Waals surface area contributed by atoms with E-state index in [1.807, 2.05) is 42.5 Å². The Morgan fingerprint density at radius 2 is 2.14 bits per heavy atom. The summed E-state index contributed by atoms with van der Waals surface area (Å²) in [5.41, 5.74) is 9.21. The van der Waals surface area contributed by atoms with Crippen molar-refractivity contribution >= 4 is 45.0 Å². The van der Waals surface area contributed by atoms with Crippen LogP contribution in [0.2, 0.25) is 0 Å². The molecule has 3 N–H and O–H groups in total. The van der Waals surface area contributed by atoms with Crippen molar-refractivity contribution in [3.63, 3.8) is 0 Å². The van der Waals surface area contributed by atoms with Gasteiger partial charge in [0.25, 0.3) is 0 Å². The second kappa shape index (κ2) is 7.66. The lowest BCUT2D eigenvalue weighted by Gasteiger charge is -2.10. The molecule has 4 nitrogen and oxygen atoms in total. The molecular weight excluding hydrogens is 344 g/mol. The third-order valence-corrected chi connectivity index (χ3v) is 3.37. The Kier molecular flexibility index (Phi) is 5.61. The quantitative estimate of drug-likeness (QED) is 0.472. The molecule has 0 heterocycles. The molecule has 0 unspecified atom stereocenters. The minimum atomic E-state index is -0.350. The van der Waals surface area contributed by atoms with Crippen molar-refractivity contribution in [2.45, 2.75) is 6.92 Å². The number of carbonyl (C=O) groups excluding carboxylic acids is 1. The van der Waals surface area contributed by atoms with E-state index in [0.29, 0.717) is 12.3 Å². The van der Waals surface area contributed by atoms with Crippen LogP contribution in [0.15, 0.2) is 53.0 Å². The second-order valence-corrected chi connectivity index (χ2v) is 5.48. The number of anilines is 3. The first-order valence-electron chi connectivity index (χ1n) is 6.85. The van der Waals surface area contributed by atoms with Crippen molar-refractivity contribution < 1.29 is 9.53 Å². The molecule has 0 aliphatic carbocycles. The molecule has 0 bridgehead atoms. The van der Waals surface area contributed by atoms with Gasteiger partial charge >= 0.3 is 5.97 Å². The summed E-state index contributed by atoms with van der Waals surface area (Å²) in [6, 6.07) is 13.3. The fourth-order valence-corrected chi connectivity index (χ4v) is 2.23.